The zero-order valence-electron chi connectivity index (χ0n) is 10.3. The molecule has 1 N–H and O–H groups in total. The largest absolute Gasteiger partial charge is 0.342 e. The van der Waals surface area contributed by atoms with Crippen molar-refractivity contribution in [2.45, 2.75) is 40.0 Å². The zero-order valence-corrected chi connectivity index (χ0v) is 10.3. The summed E-state index contributed by atoms with van der Waals surface area (Å²) >= 11 is 0. The van der Waals surface area contributed by atoms with Crippen LogP contribution in [-0.4, -0.2) is 37.0 Å². The van der Waals surface area contributed by atoms with Gasteiger partial charge in [0.05, 0.1) is 6.54 Å². The Morgan fingerprint density at radius 2 is 1.87 bits per heavy atom. The van der Waals surface area contributed by atoms with Crippen LogP contribution in [-0.2, 0) is 4.79 Å². The maximum absolute atomic E-state index is 11.6. The summed E-state index contributed by atoms with van der Waals surface area (Å²) in [6.07, 6.45) is 3.46. The van der Waals surface area contributed by atoms with Crippen molar-refractivity contribution in [2.75, 3.05) is 26.2 Å². The molecule has 3 heteroatoms. The average molecular weight is 212 g/mol. The van der Waals surface area contributed by atoms with Gasteiger partial charge in [-0.2, -0.15) is 0 Å². The molecule has 1 fully saturated rings. The van der Waals surface area contributed by atoms with E-state index in [9.17, 15) is 4.79 Å². The van der Waals surface area contributed by atoms with Crippen LogP contribution in [0.25, 0.3) is 0 Å². The minimum Gasteiger partial charge on any atom is -0.342 e. The lowest BCUT2D eigenvalue weighted by Crippen LogP contribution is -2.37. The highest BCUT2D eigenvalue weighted by molar-refractivity contribution is 5.78. The third-order valence-electron chi connectivity index (χ3n) is 2.79. The second-order valence-electron chi connectivity index (χ2n) is 5.58. The van der Waals surface area contributed by atoms with Crippen LogP contribution in [0.15, 0.2) is 0 Å². The number of rotatable bonds is 4. The molecule has 1 saturated heterocycles. The van der Waals surface area contributed by atoms with E-state index < -0.39 is 0 Å². The van der Waals surface area contributed by atoms with Gasteiger partial charge in [-0.05, 0) is 31.2 Å². The summed E-state index contributed by atoms with van der Waals surface area (Å²) in [7, 11) is 0. The van der Waals surface area contributed by atoms with Crippen LogP contribution in [0.2, 0.25) is 0 Å². The van der Waals surface area contributed by atoms with Crippen LogP contribution < -0.4 is 5.32 Å². The number of nitrogens with zero attached hydrogens (tertiary/aromatic N) is 1. The molecule has 0 aromatic heterocycles. The lowest BCUT2D eigenvalue weighted by Gasteiger charge is -2.19. The van der Waals surface area contributed by atoms with Gasteiger partial charge in [-0.15, -0.1) is 0 Å². The summed E-state index contributed by atoms with van der Waals surface area (Å²) < 4.78 is 0. The molecule has 0 spiro atoms. The molecule has 1 amide bonds. The molecule has 0 atom stereocenters. The highest BCUT2D eigenvalue weighted by Crippen LogP contribution is 2.16. The van der Waals surface area contributed by atoms with Gasteiger partial charge in [-0.25, -0.2) is 0 Å². The first kappa shape index (κ1) is 12.5. The van der Waals surface area contributed by atoms with Crippen molar-refractivity contribution in [3.63, 3.8) is 0 Å². The minimum atomic E-state index is 0.265. The molecule has 1 aliphatic heterocycles. The molecule has 3 nitrogen and oxygen atoms in total. The second kappa shape index (κ2) is 5.50. The molecule has 0 radical (unpaired) electrons. The van der Waals surface area contributed by atoms with Gasteiger partial charge < -0.3 is 10.2 Å². The van der Waals surface area contributed by atoms with Crippen LogP contribution in [0.5, 0.6) is 0 Å². The van der Waals surface area contributed by atoms with E-state index in [1.165, 1.54) is 12.8 Å². The molecule has 0 aliphatic carbocycles. The van der Waals surface area contributed by atoms with Crippen LogP contribution in [0.3, 0.4) is 0 Å². The molecule has 0 aromatic carbocycles. The Morgan fingerprint density at radius 3 is 2.40 bits per heavy atom. The standard InChI is InChI=1S/C12H24N2O/c1-12(2,3)6-7-13-10-11(15)14-8-4-5-9-14/h13H,4-10H2,1-3H3. The Balaban J connectivity index is 2.07. The Kier molecular flexibility index (Phi) is 4.58. The lowest BCUT2D eigenvalue weighted by molar-refractivity contribution is -0.129. The fourth-order valence-electron chi connectivity index (χ4n) is 1.74. The number of carbonyl (C=O) groups is 1. The summed E-state index contributed by atoms with van der Waals surface area (Å²) in [6, 6.07) is 0. The minimum absolute atomic E-state index is 0.265. The number of amides is 1. The Labute approximate surface area is 93.2 Å². The van der Waals surface area contributed by atoms with Crippen LogP contribution >= 0.6 is 0 Å². The van der Waals surface area contributed by atoms with E-state index in [0.717, 1.165) is 26.1 Å². The fourth-order valence-corrected chi connectivity index (χ4v) is 1.74. The molecule has 1 rings (SSSR count). The molecule has 15 heavy (non-hydrogen) atoms. The van der Waals surface area contributed by atoms with E-state index in [0.29, 0.717) is 12.0 Å². The van der Waals surface area contributed by atoms with Gasteiger partial charge in [-0.1, -0.05) is 20.8 Å². The van der Waals surface area contributed by atoms with Crippen molar-refractivity contribution in [2.24, 2.45) is 5.41 Å². The maximum atomic E-state index is 11.6. The first-order chi connectivity index (χ1) is 6.99. The molecule has 1 heterocycles. The number of carbonyl (C=O) groups excluding carboxylic acids is 1. The molecular weight excluding hydrogens is 188 g/mol. The van der Waals surface area contributed by atoms with E-state index in [1.54, 1.807) is 0 Å². The summed E-state index contributed by atoms with van der Waals surface area (Å²) in [5, 5.41) is 3.23. The maximum Gasteiger partial charge on any atom is 0.236 e. The van der Waals surface area contributed by atoms with Gasteiger partial charge in [0.15, 0.2) is 0 Å². The Hall–Kier alpha value is -0.570. The molecule has 0 unspecified atom stereocenters. The van der Waals surface area contributed by atoms with E-state index >= 15 is 0 Å². The van der Waals surface area contributed by atoms with Gasteiger partial charge in [0.2, 0.25) is 5.91 Å². The van der Waals surface area contributed by atoms with Crippen molar-refractivity contribution in [1.82, 2.24) is 10.2 Å². The van der Waals surface area contributed by atoms with E-state index in [1.807, 2.05) is 4.90 Å². The SMILES string of the molecule is CC(C)(C)CCNCC(=O)N1CCCC1. The molecule has 1 aliphatic rings. The van der Waals surface area contributed by atoms with Crippen LogP contribution in [0.4, 0.5) is 0 Å². The second-order valence-corrected chi connectivity index (χ2v) is 5.58. The Bertz CT molecular complexity index is 202. The molecular formula is C12H24N2O. The normalized spacial score (nSPS) is 17.1. The number of likely N-dealkylation sites (tertiary alicyclic amines) is 1. The predicted octanol–water partition coefficient (Wildman–Crippen LogP) is 1.63. The topological polar surface area (TPSA) is 32.3 Å². The third-order valence-corrected chi connectivity index (χ3v) is 2.79. The smallest absolute Gasteiger partial charge is 0.236 e. The summed E-state index contributed by atoms with van der Waals surface area (Å²) in [6.45, 7) is 10.0. The van der Waals surface area contributed by atoms with E-state index in [-0.39, 0.29) is 5.91 Å². The predicted molar refractivity (Wildman–Crippen MR) is 62.8 cm³/mol. The van der Waals surface area contributed by atoms with Crippen molar-refractivity contribution >= 4 is 5.91 Å². The number of hydrogen-bond acceptors (Lipinski definition) is 2. The van der Waals surface area contributed by atoms with E-state index in [4.69, 9.17) is 0 Å². The van der Waals surface area contributed by atoms with Crippen LogP contribution in [0.1, 0.15) is 40.0 Å². The number of hydrogen-bond donors (Lipinski definition) is 1. The molecule has 0 bridgehead atoms. The first-order valence-electron chi connectivity index (χ1n) is 5.97. The fraction of sp³-hybridized carbons (Fsp3) is 0.917. The van der Waals surface area contributed by atoms with Gasteiger partial charge in [0.25, 0.3) is 0 Å². The van der Waals surface area contributed by atoms with Crippen molar-refractivity contribution in [3.05, 3.63) is 0 Å². The highest BCUT2D eigenvalue weighted by Gasteiger charge is 2.17. The summed E-state index contributed by atoms with van der Waals surface area (Å²) in [5.74, 6) is 0.265. The zero-order chi connectivity index (χ0) is 11.3. The lowest BCUT2D eigenvalue weighted by atomic mass is 9.92. The van der Waals surface area contributed by atoms with Crippen molar-refractivity contribution in [3.8, 4) is 0 Å². The average Bonchev–Trinajstić information content (AvgIpc) is 2.63. The summed E-state index contributed by atoms with van der Waals surface area (Å²) in [5.41, 5.74) is 0.351. The highest BCUT2D eigenvalue weighted by atomic mass is 16.2. The van der Waals surface area contributed by atoms with Gasteiger partial charge in [0, 0.05) is 13.1 Å². The molecule has 88 valence electrons. The molecule has 0 aromatic rings. The first-order valence-corrected chi connectivity index (χ1v) is 5.97. The third kappa shape index (κ3) is 5.17. The van der Waals surface area contributed by atoms with E-state index in [2.05, 4.69) is 26.1 Å². The van der Waals surface area contributed by atoms with Crippen LogP contribution in [0, 0.1) is 5.41 Å². The summed E-state index contributed by atoms with van der Waals surface area (Å²) in [4.78, 5) is 13.6. The van der Waals surface area contributed by atoms with Gasteiger partial charge >= 0.3 is 0 Å². The van der Waals surface area contributed by atoms with Gasteiger partial charge in [0.1, 0.15) is 0 Å². The molecule has 0 saturated carbocycles. The number of nitrogens with one attached hydrogen (secondary N) is 1. The van der Waals surface area contributed by atoms with Crippen molar-refractivity contribution < 1.29 is 4.79 Å². The van der Waals surface area contributed by atoms with Gasteiger partial charge in [-0.3, -0.25) is 4.79 Å². The quantitative estimate of drug-likeness (QED) is 0.718. The Morgan fingerprint density at radius 1 is 1.27 bits per heavy atom. The monoisotopic (exact) mass is 212 g/mol. The van der Waals surface area contributed by atoms with Crippen molar-refractivity contribution in [1.29, 1.82) is 0 Å².